The molecule has 0 unspecified atom stereocenters. The number of methoxy groups -OCH3 is 2. The van der Waals surface area contributed by atoms with E-state index in [4.69, 9.17) is 31.5 Å². The zero-order chi connectivity index (χ0) is 24.4. The Morgan fingerprint density at radius 2 is 1.91 bits per heavy atom. The monoisotopic (exact) mass is 453 g/mol. The van der Waals surface area contributed by atoms with Gasteiger partial charge in [0.1, 0.15) is 0 Å². The third-order valence-electron chi connectivity index (χ3n) is 4.13. The molecular weight excluding hydrogens is 434 g/mol. The highest BCUT2D eigenvalue weighted by Gasteiger charge is 2.24. The second-order valence-corrected chi connectivity index (χ2v) is 6.11. The van der Waals surface area contributed by atoms with E-state index in [1.807, 2.05) is 11.8 Å². The van der Waals surface area contributed by atoms with Crippen molar-refractivity contribution < 1.29 is 37.8 Å². The van der Waals surface area contributed by atoms with Gasteiger partial charge in [-0.1, -0.05) is 0 Å². The molecule has 0 bridgehead atoms. The molecule has 0 spiro atoms. The van der Waals surface area contributed by atoms with Crippen LogP contribution in [0.15, 0.2) is 29.1 Å². The molecule has 0 aliphatic rings. The first kappa shape index (κ1) is 24.5. The minimum Gasteiger partial charge on any atom is -0.493 e. The number of nitrogens with zero attached hydrogens (tertiary/aromatic N) is 2. The standard InChI is InChI=1S/C22H19N3O8/c1-5-19(26)24-15-11-16(30-3)17(10-14(15)22(29)31-4)32-9-7-8-25(20(27)6-2)21(28)18-12-23-13-33-18/h1-2,10-13H,7-9H2,3-4H3,(H,24,26). The van der Waals surface area contributed by atoms with Crippen molar-refractivity contribution in [3.05, 3.63) is 36.0 Å². The minimum absolute atomic E-state index is 0.00503. The number of anilines is 1. The van der Waals surface area contributed by atoms with E-state index in [0.717, 1.165) is 17.5 Å². The van der Waals surface area contributed by atoms with E-state index < -0.39 is 23.7 Å². The highest BCUT2D eigenvalue weighted by Crippen LogP contribution is 2.34. The van der Waals surface area contributed by atoms with E-state index in [0.29, 0.717) is 0 Å². The Labute approximate surface area is 189 Å². The van der Waals surface area contributed by atoms with Crippen LogP contribution >= 0.6 is 0 Å². The molecule has 2 aromatic rings. The van der Waals surface area contributed by atoms with E-state index in [-0.39, 0.29) is 48.1 Å². The van der Waals surface area contributed by atoms with Gasteiger partial charge in [0.05, 0.1) is 38.3 Å². The van der Waals surface area contributed by atoms with E-state index >= 15 is 0 Å². The fourth-order valence-corrected chi connectivity index (χ4v) is 2.61. The number of esters is 1. The van der Waals surface area contributed by atoms with E-state index in [1.54, 1.807) is 0 Å². The third kappa shape index (κ3) is 6.12. The summed E-state index contributed by atoms with van der Waals surface area (Å²) in [5, 5.41) is 2.38. The van der Waals surface area contributed by atoms with Gasteiger partial charge in [-0.05, 0) is 18.3 Å². The van der Waals surface area contributed by atoms with Gasteiger partial charge in [-0.15, -0.1) is 12.8 Å². The minimum atomic E-state index is -0.851. The summed E-state index contributed by atoms with van der Waals surface area (Å²) in [7, 11) is 2.53. The predicted molar refractivity (Wildman–Crippen MR) is 113 cm³/mol. The average molecular weight is 453 g/mol. The molecular formula is C22H19N3O8. The normalized spacial score (nSPS) is 9.70. The number of carbonyl (C=O) groups is 4. The molecule has 1 N–H and O–H groups in total. The van der Waals surface area contributed by atoms with Crippen LogP contribution in [0.3, 0.4) is 0 Å². The maximum absolute atomic E-state index is 12.4. The van der Waals surface area contributed by atoms with Crippen LogP contribution in [0.2, 0.25) is 0 Å². The summed E-state index contributed by atoms with van der Waals surface area (Å²) in [5.74, 6) is 0.827. The van der Waals surface area contributed by atoms with Gasteiger partial charge >= 0.3 is 11.9 Å². The molecule has 0 saturated heterocycles. The average Bonchev–Trinajstić information content (AvgIpc) is 3.38. The number of terminal acetylenes is 2. The Kier molecular flexibility index (Phi) is 8.59. The van der Waals surface area contributed by atoms with Gasteiger partial charge in [-0.3, -0.25) is 19.3 Å². The Bertz CT molecular complexity index is 1130. The van der Waals surface area contributed by atoms with Crippen LogP contribution < -0.4 is 14.8 Å². The molecule has 0 fully saturated rings. The number of rotatable bonds is 9. The zero-order valence-electron chi connectivity index (χ0n) is 17.7. The summed E-state index contributed by atoms with van der Waals surface area (Å²) in [4.78, 5) is 52.5. The Hall–Kier alpha value is -4.77. The van der Waals surface area contributed by atoms with Crippen LogP contribution in [0.1, 0.15) is 27.3 Å². The van der Waals surface area contributed by atoms with Gasteiger partial charge in [0.15, 0.2) is 17.9 Å². The fraction of sp³-hybridized carbons (Fsp3) is 0.227. The van der Waals surface area contributed by atoms with Gasteiger partial charge < -0.3 is 23.9 Å². The fourth-order valence-electron chi connectivity index (χ4n) is 2.61. The van der Waals surface area contributed by atoms with Crippen molar-refractivity contribution in [1.82, 2.24) is 9.88 Å². The zero-order valence-corrected chi connectivity index (χ0v) is 17.7. The van der Waals surface area contributed by atoms with Crippen molar-refractivity contribution in [2.24, 2.45) is 0 Å². The molecule has 170 valence electrons. The molecule has 33 heavy (non-hydrogen) atoms. The SMILES string of the molecule is C#CC(=O)Nc1cc(OC)c(OCCCN(C(=O)C#C)C(=O)c2cnco2)cc1C(=O)OC. The molecule has 3 amide bonds. The number of aromatic nitrogens is 1. The molecule has 1 aromatic heterocycles. The van der Waals surface area contributed by atoms with Crippen molar-refractivity contribution in [2.75, 3.05) is 32.7 Å². The lowest BCUT2D eigenvalue weighted by atomic mass is 10.1. The van der Waals surface area contributed by atoms with Crippen molar-refractivity contribution in [2.45, 2.75) is 6.42 Å². The third-order valence-corrected chi connectivity index (χ3v) is 4.13. The molecule has 11 nitrogen and oxygen atoms in total. The second-order valence-electron chi connectivity index (χ2n) is 6.11. The summed E-state index contributed by atoms with van der Waals surface area (Å²) in [6.07, 6.45) is 12.6. The molecule has 1 aromatic carbocycles. The number of ether oxygens (including phenoxy) is 3. The topological polar surface area (TPSA) is 137 Å². The summed E-state index contributed by atoms with van der Waals surface area (Å²) in [5.41, 5.74) is 0.0407. The smallest absolute Gasteiger partial charge is 0.340 e. The summed E-state index contributed by atoms with van der Waals surface area (Å²) in [6.45, 7) is -0.0733. The molecule has 1 heterocycles. The number of carbonyl (C=O) groups excluding carboxylic acids is 4. The molecule has 0 aliphatic carbocycles. The lowest BCUT2D eigenvalue weighted by molar-refractivity contribution is -0.123. The molecule has 0 saturated carbocycles. The lowest BCUT2D eigenvalue weighted by Crippen LogP contribution is -2.37. The first-order chi connectivity index (χ1) is 15.9. The maximum Gasteiger partial charge on any atom is 0.340 e. The van der Waals surface area contributed by atoms with Gasteiger partial charge in [0, 0.05) is 18.7 Å². The number of hydrogen-bond acceptors (Lipinski definition) is 9. The van der Waals surface area contributed by atoms with Gasteiger partial charge in [0.25, 0.3) is 11.8 Å². The van der Waals surface area contributed by atoms with Crippen molar-refractivity contribution in [3.63, 3.8) is 0 Å². The highest BCUT2D eigenvalue weighted by molar-refractivity contribution is 6.09. The number of nitrogens with one attached hydrogen (secondary N) is 1. The second kappa shape index (κ2) is 11.6. The predicted octanol–water partition coefficient (Wildman–Crippen LogP) is 1.11. The molecule has 2 rings (SSSR count). The van der Waals surface area contributed by atoms with Gasteiger partial charge in [-0.25, -0.2) is 9.78 Å². The van der Waals surface area contributed by atoms with Crippen LogP contribution in [0, 0.1) is 24.7 Å². The Balaban J connectivity index is 2.16. The lowest BCUT2D eigenvalue weighted by Gasteiger charge is -2.18. The first-order valence-electron chi connectivity index (χ1n) is 9.27. The number of oxazole rings is 1. The number of amides is 3. The van der Waals surface area contributed by atoms with Crippen molar-refractivity contribution in [1.29, 1.82) is 0 Å². The van der Waals surface area contributed by atoms with Crippen molar-refractivity contribution >= 4 is 29.4 Å². The summed E-state index contributed by atoms with van der Waals surface area (Å²) >= 11 is 0. The Morgan fingerprint density at radius 1 is 1.15 bits per heavy atom. The van der Waals surface area contributed by atoms with E-state index in [9.17, 15) is 19.2 Å². The largest absolute Gasteiger partial charge is 0.493 e. The first-order valence-corrected chi connectivity index (χ1v) is 9.27. The van der Waals surface area contributed by atoms with Crippen LogP contribution in [0.4, 0.5) is 5.69 Å². The number of benzene rings is 1. The number of imide groups is 1. The van der Waals surface area contributed by atoms with Crippen molar-refractivity contribution in [3.8, 4) is 36.2 Å². The maximum atomic E-state index is 12.4. The van der Waals surface area contributed by atoms with E-state index in [2.05, 4.69) is 10.3 Å². The van der Waals surface area contributed by atoms with Crippen LogP contribution in [0.25, 0.3) is 0 Å². The van der Waals surface area contributed by atoms with Crippen LogP contribution in [0.5, 0.6) is 11.5 Å². The molecule has 0 atom stereocenters. The van der Waals surface area contributed by atoms with Gasteiger partial charge in [0.2, 0.25) is 5.76 Å². The molecule has 0 radical (unpaired) electrons. The molecule has 0 aliphatic heterocycles. The Morgan fingerprint density at radius 3 is 2.48 bits per heavy atom. The highest BCUT2D eigenvalue weighted by atomic mass is 16.5. The summed E-state index contributed by atoms with van der Waals surface area (Å²) < 4.78 is 20.5. The number of hydrogen-bond donors (Lipinski definition) is 1. The van der Waals surface area contributed by atoms with Gasteiger partial charge in [-0.2, -0.15) is 0 Å². The quantitative estimate of drug-likeness (QED) is 0.336. The molecule has 11 heteroatoms. The van der Waals surface area contributed by atoms with Crippen LogP contribution in [-0.4, -0.2) is 60.9 Å². The van der Waals surface area contributed by atoms with E-state index in [1.165, 1.54) is 26.4 Å². The van der Waals surface area contributed by atoms with Crippen LogP contribution in [-0.2, 0) is 14.3 Å². The summed E-state index contributed by atoms with van der Waals surface area (Å²) in [6, 6.07) is 2.65.